The number of carbonyl (C=O) groups excluding carboxylic acids is 1. The molecule has 3 N–H and O–H groups in total. The van der Waals surface area contributed by atoms with Gasteiger partial charge in [-0.2, -0.15) is 0 Å². The van der Waals surface area contributed by atoms with Gasteiger partial charge in [0.25, 0.3) is 0 Å². The molecule has 0 bridgehead atoms. The molecular weight excluding hydrogens is 288 g/mol. The Kier molecular flexibility index (Phi) is 4.94. The molecule has 0 saturated heterocycles. The van der Waals surface area contributed by atoms with E-state index in [9.17, 15) is 9.59 Å². The molecule has 2 aromatic rings. The largest absolute Gasteiger partial charge is 0.478 e. The molecule has 0 spiro atoms. The van der Waals surface area contributed by atoms with Crippen LogP contribution >= 0.6 is 11.3 Å². The van der Waals surface area contributed by atoms with Crippen molar-refractivity contribution in [3.8, 4) is 0 Å². The summed E-state index contributed by atoms with van der Waals surface area (Å²) in [7, 11) is 0. The number of thiophene rings is 1. The van der Waals surface area contributed by atoms with Crippen LogP contribution in [0, 0.1) is 0 Å². The van der Waals surface area contributed by atoms with E-state index in [1.807, 2.05) is 24.4 Å². The predicted octanol–water partition coefficient (Wildman–Crippen LogP) is 3.72. The second-order valence-electron chi connectivity index (χ2n) is 4.43. The average Bonchev–Trinajstić information content (AvgIpc) is 2.99. The monoisotopic (exact) mass is 304 g/mol. The zero-order valence-electron chi connectivity index (χ0n) is 11.5. The topological polar surface area (TPSA) is 78.4 Å². The Hall–Kier alpha value is -2.34. The third kappa shape index (κ3) is 3.82. The number of carboxylic acid groups (broad SMARTS) is 1. The number of para-hydroxylation sites is 1. The van der Waals surface area contributed by atoms with Gasteiger partial charge >= 0.3 is 12.0 Å². The maximum Gasteiger partial charge on any atom is 0.337 e. The quantitative estimate of drug-likeness (QED) is 0.787. The number of amides is 2. The summed E-state index contributed by atoms with van der Waals surface area (Å²) in [6, 6.07) is 9.72. The van der Waals surface area contributed by atoms with E-state index in [-0.39, 0.29) is 17.3 Å². The molecule has 6 heteroatoms. The third-order valence-electron chi connectivity index (χ3n) is 3.01. The molecule has 1 aromatic carbocycles. The van der Waals surface area contributed by atoms with Gasteiger partial charge in [-0.25, -0.2) is 9.59 Å². The fourth-order valence-electron chi connectivity index (χ4n) is 1.96. The zero-order chi connectivity index (χ0) is 15.2. The Bertz CT molecular complexity index is 626. The summed E-state index contributed by atoms with van der Waals surface area (Å²) in [4.78, 5) is 24.2. The maximum absolute atomic E-state index is 12.0. The summed E-state index contributed by atoms with van der Waals surface area (Å²) in [6.45, 7) is 1.98. The van der Waals surface area contributed by atoms with Gasteiger partial charge in [-0.1, -0.05) is 25.1 Å². The number of urea groups is 1. The third-order valence-corrected chi connectivity index (χ3v) is 3.99. The minimum Gasteiger partial charge on any atom is -0.478 e. The number of hydrogen-bond donors (Lipinski definition) is 3. The first-order chi connectivity index (χ1) is 10.1. The number of nitrogens with one attached hydrogen (secondary N) is 2. The molecule has 0 fully saturated rings. The molecule has 1 aromatic heterocycles. The van der Waals surface area contributed by atoms with Crippen molar-refractivity contribution in [1.29, 1.82) is 0 Å². The number of carbonyl (C=O) groups is 2. The number of carboxylic acids is 1. The number of hydrogen-bond acceptors (Lipinski definition) is 3. The summed E-state index contributed by atoms with van der Waals surface area (Å²) in [6.07, 6.45) is 0.758. The van der Waals surface area contributed by atoms with Gasteiger partial charge in [0, 0.05) is 4.88 Å². The highest BCUT2D eigenvalue weighted by atomic mass is 32.1. The molecule has 1 atom stereocenters. The lowest BCUT2D eigenvalue weighted by Gasteiger charge is -2.16. The summed E-state index contributed by atoms with van der Waals surface area (Å²) >= 11 is 1.58. The molecule has 0 aliphatic heterocycles. The van der Waals surface area contributed by atoms with Crippen LogP contribution in [0.4, 0.5) is 10.5 Å². The molecule has 1 unspecified atom stereocenters. The molecule has 110 valence electrons. The van der Waals surface area contributed by atoms with Gasteiger partial charge in [0.05, 0.1) is 17.3 Å². The van der Waals surface area contributed by atoms with Gasteiger partial charge in [0.15, 0.2) is 0 Å². The normalized spacial score (nSPS) is 11.7. The molecule has 5 nitrogen and oxygen atoms in total. The highest BCUT2D eigenvalue weighted by Crippen LogP contribution is 2.22. The number of rotatable bonds is 5. The van der Waals surface area contributed by atoms with Crippen molar-refractivity contribution in [2.75, 3.05) is 5.32 Å². The van der Waals surface area contributed by atoms with Gasteiger partial charge < -0.3 is 15.7 Å². The van der Waals surface area contributed by atoms with Gasteiger partial charge in [0.1, 0.15) is 0 Å². The average molecular weight is 304 g/mol. The van der Waals surface area contributed by atoms with E-state index >= 15 is 0 Å². The van der Waals surface area contributed by atoms with E-state index in [4.69, 9.17) is 5.11 Å². The minimum atomic E-state index is -1.07. The predicted molar refractivity (Wildman–Crippen MR) is 82.9 cm³/mol. The molecule has 0 radical (unpaired) electrons. The van der Waals surface area contributed by atoms with Crippen molar-refractivity contribution in [3.05, 3.63) is 52.2 Å². The van der Waals surface area contributed by atoms with E-state index in [0.29, 0.717) is 0 Å². The maximum atomic E-state index is 12.0. The van der Waals surface area contributed by atoms with Crippen LogP contribution in [-0.4, -0.2) is 17.1 Å². The standard InChI is InChI=1S/C15H16N2O3S/c1-2-11(13-8-5-9-21-13)16-15(20)17-12-7-4-3-6-10(12)14(18)19/h3-9,11H,2H2,1H3,(H,18,19)(H2,16,17,20). The molecule has 1 heterocycles. The Balaban J connectivity index is 2.07. The second kappa shape index (κ2) is 6.90. The SMILES string of the molecule is CCC(NC(=O)Nc1ccccc1C(=O)O)c1cccs1. The Morgan fingerprint density at radius 2 is 2.00 bits per heavy atom. The van der Waals surface area contributed by atoms with Gasteiger partial charge in [0.2, 0.25) is 0 Å². The van der Waals surface area contributed by atoms with E-state index in [2.05, 4.69) is 10.6 Å². The summed E-state index contributed by atoms with van der Waals surface area (Å²) in [5.41, 5.74) is 0.348. The van der Waals surface area contributed by atoms with Crippen LogP contribution < -0.4 is 10.6 Å². The van der Waals surface area contributed by atoms with Crippen LogP contribution in [0.15, 0.2) is 41.8 Å². The minimum absolute atomic E-state index is 0.0665. The van der Waals surface area contributed by atoms with Crippen LogP contribution in [0.5, 0.6) is 0 Å². The van der Waals surface area contributed by atoms with Crippen molar-refractivity contribution in [2.24, 2.45) is 0 Å². The van der Waals surface area contributed by atoms with Gasteiger partial charge in [-0.15, -0.1) is 11.3 Å². The lowest BCUT2D eigenvalue weighted by atomic mass is 10.2. The van der Waals surface area contributed by atoms with E-state index in [0.717, 1.165) is 11.3 Å². The first kappa shape index (κ1) is 15.1. The van der Waals surface area contributed by atoms with Gasteiger partial charge in [-0.05, 0) is 30.0 Å². The molecular formula is C15H16N2O3S. The number of anilines is 1. The Morgan fingerprint density at radius 1 is 1.24 bits per heavy atom. The number of benzene rings is 1. The second-order valence-corrected chi connectivity index (χ2v) is 5.40. The molecule has 2 amide bonds. The summed E-state index contributed by atoms with van der Waals surface area (Å²) in [5.74, 6) is -1.07. The van der Waals surface area contributed by atoms with Crippen LogP contribution in [0.1, 0.15) is 34.6 Å². The highest BCUT2D eigenvalue weighted by Gasteiger charge is 2.16. The van der Waals surface area contributed by atoms with Crippen molar-refractivity contribution in [1.82, 2.24) is 5.32 Å². The molecule has 21 heavy (non-hydrogen) atoms. The Labute approximate surface area is 126 Å². The summed E-state index contributed by atoms with van der Waals surface area (Å²) < 4.78 is 0. The van der Waals surface area contributed by atoms with Crippen LogP contribution in [0.2, 0.25) is 0 Å². The van der Waals surface area contributed by atoms with Crippen LogP contribution in [-0.2, 0) is 0 Å². The van der Waals surface area contributed by atoms with E-state index < -0.39 is 12.0 Å². The van der Waals surface area contributed by atoms with Crippen molar-refractivity contribution in [3.63, 3.8) is 0 Å². The number of aromatic carboxylic acids is 1. The lowest BCUT2D eigenvalue weighted by molar-refractivity contribution is 0.0698. The zero-order valence-corrected chi connectivity index (χ0v) is 12.3. The van der Waals surface area contributed by atoms with Gasteiger partial charge in [-0.3, -0.25) is 0 Å². The van der Waals surface area contributed by atoms with E-state index in [1.165, 1.54) is 6.07 Å². The fraction of sp³-hybridized carbons (Fsp3) is 0.200. The molecule has 0 aliphatic rings. The van der Waals surface area contributed by atoms with Crippen molar-refractivity contribution >= 4 is 29.0 Å². The first-order valence-electron chi connectivity index (χ1n) is 6.55. The lowest BCUT2D eigenvalue weighted by Crippen LogP contribution is -2.32. The van der Waals surface area contributed by atoms with Crippen LogP contribution in [0.3, 0.4) is 0 Å². The van der Waals surface area contributed by atoms with Crippen molar-refractivity contribution in [2.45, 2.75) is 19.4 Å². The summed E-state index contributed by atoms with van der Waals surface area (Å²) in [5, 5.41) is 16.5. The van der Waals surface area contributed by atoms with Crippen LogP contribution in [0.25, 0.3) is 0 Å². The molecule has 0 aliphatic carbocycles. The van der Waals surface area contributed by atoms with Crippen molar-refractivity contribution < 1.29 is 14.7 Å². The van der Waals surface area contributed by atoms with E-state index in [1.54, 1.807) is 29.5 Å². The smallest absolute Gasteiger partial charge is 0.337 e. The fourth-order valence-corrected chi connectivity index (χ4v) is 2.82. The Morgan fingerprint density at radius 3 is 2.62 bits per heavy atom. The molecule has 0 saturated carbocycles. The first-order valence-corrected chi connectivity index (χ1v) is 7.43. The molecule has 2 rings (SSSR count). The highest BCUT2D eigenvalue weighted by molar-refractivity contribution is 7.10.